The monoisotopic (exact) mass is 345 g/mol. The van der Waals surface area contributed by atoms with Gasteiger partial charge in [0.05, 0.1) is 0 Å². The largest absolute Gasteiger partial charge is 0.367 e. The predicted octanol–water partition coefficient (Wildman–Crippen LogP) is 3.19. The molecule has 1 aromatic heterocycles. The number of hydrogen-bond donors (Lipinski definition) is 2. The molecule has 0 saturated carbocycles. The summed E-state index contributed by atoms with van der Waals surface area (Å²) in [7, 11) is 0. The Morgan fingerprint density at radius 1 is 1.00 bits per heavy atom. The molecule has 26 heavy (non-hydrogen) atoms. The Kier molecular flexibility index (Phi) is 4.27. The van der Waals surface area contributed by atoms with Crippen LogP contribution in [-0.2, 0) is 13.0 Å². The number of aromatic nitrogens is 1. The van der Waals surface area contributed by atoms with Gasteiger partial charge in [0.1, 0.15) is 5.69 Å². The highest BCUT2D eigenvalue weighted by atomic mass is 16.2. The molecule has 1 amide bonds. The van der Waals surface area contributed by atoms with E-state index in [-0.39, 0.29) is 17.0 Å². The molecule has 5 heteroatoms. The molecule has 4 rings (SSSR count). The fourth-order valence-electron chi connectivity index (χ4n) is 3.25. The van der Waals surface area contributed by atoms with Gasteiger partial charge in [0.25, 0.3) is 5.91 Å². The fourth-order valence-corrected chi connectivity index (χ4v) is 3.25. The van der Waals surface area contributed by atoms with E-state index >= 15 is 0 Å². The van der Waals surface area contributed by atoms with Gasteiger partial charge in [-0.05, 0) is 41.8 Å². The third-order valence-electron chi connectivity index (χ3n) is 4.70. The summed E-state index contributed by atoms with van der Waals surface area (Å²) in [6.45, 7) is 1.84. The third kappa shape index (κ3) is 3.24. The van der Waals surface area contributed by atoms with Crippen LogP contribution in [0.1, 0.15) is 21.5 Å². The van der Waals surface area contributed by atoms with Gasteiger partial charge in [-0.3, -0.25) is 9.59 Å². The van der Waals surface area contributed by atoms with Gasteiger partial charge in [0.2, 0.25) is 5.43 Å². The normalized spacial score (nSPS) is 13.2. The van der Waals surface area contributed by atoms with E-state index in [1.54, 1.807) is 12.1 Å². The number of fused-ring (bicyclic) bond motifs is 1. The number of nitrogens with zero attached hydrogens (tertiary/aromatic N) is 1. The van der Waals surface area contributed by atoms with E-state index in [0.717, 1.165) is 25.2 Å². The van der Waals surface area contributed by atoms with Crippen LogP contribution in [0.3, 0.4) is 0 Å². The van der Waals surface area contributed by atoms with Crippen LogP contribution >= 0.6 is 0 Å². The Labute approximate surface area is 151 Å². The molecule has 0 spiro atoms. The van der Waals surface area contributed by atoms with Gasteiger partial charge < -0.3 is 15.2 Å². The first-order valence-corrected chi connectivity index (χ1v) is 8.61. The summed E-state index contributed by atoms with van der Waals surface area (Å²) >= 11 is 0. The van der Waals surface area contributed by atoms with Crippen molar-refractivity contribution in [3.63, 3.8) is 0 Å². The standard InChI is InChI=1S/C21H19N3O2/c25-20-9-11-22-13-19(20)23-21(26)16-5-7-18(8-6-16)24-12-10-15-3-1-2-4-17(15)14-24/h1-9,11,13H,10,12,14H2,(H,22,25)(H,23,26). The summed E-state index contributed by atoms with van der Waals surface area (Å²) in [5, 5.41) is 2.64. The van der Waals surface area contributed by atoms with Gasteiger partial charge in [-0.2, -0.15) is 0 Å². The second kappa shape index (κ2) is 6.88. The molecule has 0 radical (unpaired) electrons. The number of nitrogens with one attached hydrogen (secondary N) is 2. The minimum Gasteiger partial charge on any atom is -0.367 e. The molecule has 0 aliphatic carbocycles. The lowest BCUT2D eigenvalue weighted by Gasteiger charge is -2.30. The first-order chi connectivity index (χ1) is 12.7. The van der Waals surface area contributed by atoms with Gasteiger partial charge in [-0.15, -0.1) is 0 Å². The zero-order valence-corrected chi connectivity index (χ0v) is 14.2. The van der Waals surface area contributed by atoms with Crippen LogP contribution in [0.5, 0.6) is 0 Å². The van der Waals surface area contributed by atoms with Crippen molar-refractivity contribution in [3.8, 4) is 0 Å². The number of H-pyrrole nitrogens is 1. The smallest absolute Gasteiger partial charge is 0.255 e. The second-order valence-electron chi connectivity index (χ2n) is 6.36. The average molecular weight is 345 g/mol. The Hall–Kier alpha value is -3.34. The van der Waals surface area contributed by atoms with E-state index in [1.807, 2.05) is 12.1 Å². The highest BCUT2D eigenvalue weighted by molar-refractivity contribution is 6.04. The molecule has 2 aromatic carbocycles. The Balaban J connectivity index is 1.48. The van der Waals surface area contributed by atoms with E-state index in [2.05, 4.69) is 39.5 Å². The number of benzene rings is 2. The number of carbonyl (C=O) groups excluding carboxylic acids is 1. The molecule has 2 heterocycles. The maximum absolute atomic E-state index is 12.3. The van der Waals surface area contributed by atoms with Crippen molar-refractivity contribution in [3.05, 3.63) is 93.9 Å². The van der Waals surface area contributed by atoms with Crippen molar-refractivity contribution in [2.24, 2.45) is 0 Å². The molecule has 5 nitrogen and oxygen atoms in total. The van der Waals surface area contributed by atoms with Crippen molar-refractivity contribution in [2.45, 2.75) is 13.0 Å². The summed E-state index contributed by atoms with van der Waals surface area (Å²) in [6.07, 6.45) is 4.04. The number of anilines is 2. The molecule has 0 saturated heterocycles. The SMILES string of the molecule is O=C(Nc1c[nH]ccc1=O)c1ccc(N2CCc3ccccc3C2)cc1. The molecular weight excluding hydrogens is 326 g/mol. The van der Waals surface area contributed by atoms with E-state index in [9.17, 15) is 9.59 Å². The highest BCUT2D eigenvalue weighted by Crippen LogP contribution is 2.24. The Morgan fingerprint density at radius 2 is 1.77 bits per heavy atom. The lowest BCUT2D eigenvalue weighted by molar-refractivity contribution is 0.102. The second-order valence-corrected chi connectivity index (χ2v) is 6.36. The zero-order chi connectivity index (χ0) is 17.9. The van der Waals surface area contributed by atoms with Crippen molar-refractivity contribution in [1.82, 2.24) is 4.98 Å². The van der Waals surface area contributed by atoms with Crippen LogP contribution in [0.15, 0.2) is 71.8 Å². The molecule has 0 atom stereocenters. The highest BCUT2D eigenvalue weighted by Gasteiger charge is 2.16. The van der Waals surface area contributed by atoms with Gasteiger partial charge in [0, 0.05) is 42.8 Å². The van der Waals surface area contributed by atoms with Gasteiger partial charge in [0.15, 0.2) is 0 Å². The van der Waals surface area contributed by atoms with Gasteiger partial charge in [-0.25, -0.2) is 0 Å². The van der Waals surface area contributed by atoms with Crippen molar-refractivity contribution >= 4 is 17.3 Å². The van der Waals surface area contributed by atoms with Crippen molar-refractivity contribution in [1.29, 1.82) is 0 Å². The summed E-state index contributed by atoms with van der Waals surface area (Å²) in [4.78, 5) is 29.2. The van der Waals surface area contributed by atoms with E-state index < -0.39 is 0 Å². The molecule has 0 fully saturated rings. The maximum Gasteiger partial charge on any atom is 0.255 e. The minimum atomic E-state index is -0.294. The third-order valence-corrected chi connectivity index (χ3v) is 4.70. The quantitative estimate of drug-likeness (QED) is 0.766. The zero-order valence-electron chi connectivity index (χ0n) is 14.2. The summed E-state index contributed by atoms with van der Waals surface area (Å²) in [5.74, 6) is -0.294. The van der Waals surface area contributed by atoms with E-state index in [1.165, 1.54) is 29.6 Å². The Morgan fingerprint density at radius 3 is 2.54 bits per heavy atom. The number of hydrogen-bond acceptors (Lipinski definition) is 3. The van der Waals surface area contributed by atoms with Crippen LogP contribution in [-0.4, -0.2) is 17.4 Å². The average Bonchev–Trinajstić information content (AvgIpc) is 2.69. The fraction of sp³-hybridized carbons (Fsp3) is 0.143. The summed E-state index contributed by atoms with van der Waals surface area (Å²) in [6, 6.07) is 17.4. The van der Waals surface area contributed by atoms with Crippen LogP contribution in [0, 0.1) is 0 Å². The first kappa shape index (κ1) is 16.1. The number of rotatable bonds is 3. The maximum atomic E-state index is 12.3. The molecule has 1 aliphatic rings. The molecule has 3 aromatic rings. The van der Waals surface area contributed by atoms with Crippen LogP contribution < -0.4 is 15.6 Å². The van der Waals surface area contributed by atoms with Gasteiger partial charge >= 0.3 is 0 Å². The van der Waals surface area contributed by atoms with Crippen molar-refractivity contribution < 1.29 is 4.79 Å². The molecule has 1 aliphatic heterocycles. The Bertz CT molecular complexity index is 992. The molecule has 0 bridgehead atoms. The molecule has 0 unspecified atom stereocenters. The topological polar surface area (TPSA) is 65.2 Å². The number of amides is 1. The summed E-state index contributed by atoms with van der Waals surface area (Å²) in [5.41, 5.74) is 4.40. The summed E-state index contributed by atoms with van der Waals surface area (Å²) < 4.78 is 0. The van der Waals surface area contributed by atoms with Crippen molar-refractivity contribution in [2.75, 3.05) is 16.8 Å². The number of pyridine rings is 1. The van der Waals surface area contributed by atoms with E-state index in [4.69, 9.17) is 0 Å². The molecular formula is C21H19N3O2. The molecule has 2 N–H and O–H groups in total. The predicted molar refractivity (Wildman–Crippen MR) is 103 cm³/mol. The van der Waals surface area contributed by atoms with E-state index in [0.29, 0.717) is 5.56 Å². The minimum absolute atomic E-state index is 0.222. The van der Waals surface area contributed by atoms with Crippen LogP contribution in [0.4, 0.5) is 11.4 Å². The van der Waals surface area contributed by atoms with Gasteiger partial charge in [-0.1, -0.05) is 24.3 Å². The van der Waals surface area contributed by atoms with Crippen LogP contribution in [0.2, 0.25) is 0 Å². The lowest BCUT2D eigenvalue weighted by atomic mass is 9.99. The lowest BCUT2D eigenvalue weighted by Crippen LogP contribution is -2.30. The first-order valence-electron chi connectivity index (χ1n) is 8.61. The number of carbonyl (C=O) groups is 1. The number of aromatic amines is 1. The molecule has 130 valence electrons. The van der Waals surface area contributed by atoms with Crippen LogP contribution in [0.25, 0.3) is 0 Å².